The second kappa shape index (κ2) is 9.18. The van der Waals surface area contributed by atoms with E-state index in [0.29, 0.717) is 0 Å². The van der Waals surface area contributed by atoms with Gasteiger partial charge in [0.1, 0.15) is 11.2 Å². The molecule has 2 heterocycles. The van der Waals surface area contributed by atoms with Crippen LogP contribution in [-0.2, 0) is 19.7 Å². The van der Waals surface area contributed by atoms with Crippen molar-refractivity contribution in [2.45, 2.75) is 83.9 Å². The Morgan fingerprint density at radius 1 is 1.09 bits per heavy atom. The summed E-state index contributed by atoms with van der Waals surface area (Å²) >= 11 is 0. The van der Waals surface area contributed by atoms with Crippen molar-refractivity contribution in [3.8, 4) is 0 Å². The topological polar surface area (TPSA) is 131 Å². The van der Waals surface area contributed by atoms with E-state index in [1.54, 1.807) is 41.5 Å². The van der Waals surface area contributed by atoms with Gasteiger partial charge in [-0.2, -0.15) is 13.2 Å². The van der Waals surface area contributed by atoms with Crippen molar-refractivity contribution in [1.29, 1.82) is 0 Å². The highest BCUT2D eigenvalue weighted by Gasteiger charge is 2.50. The lowest BCUT2D eigenvalue weighted by Crippen LogP contribution is -2.50. The number of rotatable bonds is 2. The Bertz CT molecular complexity index is 1020. The van der Waals surface area contributed by atoms with Crippen LogP contribution in [0.2, 0.25) is 0 Å². The molecule has 0 aliphatic carbocycles. The zero-order valence-corrected chi connectivity index (χ0v) is 20.0. The number of amides is 2. The van der Waals surface area contributed by atoms with E-state index < -0.39 is 59.2 Å². The minimum absolute atomic E-state index is 0.0666. The third-order valence-electron chi connectivity index (χ3n) is 4.29. The predicted octanol–water partition coefficient (Wildman–Crippen LogP) is 4.17. The number of nitrogens with one attached hydrogen (secondary N) is 3. The SMILES string of the molecule is CC(C)(C)OC(=O)NC1=NC(C)(c2cc(NC(=O)OC(C)(C)C)c[nH]c2=O)CC(C(F)(F)F)O1. The zero-order chi connectivity index (χ0) is 26.1. The van der Waals surface area contributed by atoms with E-state index in [-0.39, 0.29) is 11.3 Å². The van der Waals surface area contributed by atoms with Gasteiger partial charge in [0.25, 0.3) is 11.6 Å². The summed E-state index contributed by atoms with van der Waals surface area (Å²) in [5.41, 5.74) is -4.36. The Morgan fingerprint density at radius 2 is 1.62 bits per heavy atom. The van der Waals surface area contributed by atoms with Gasteiger partial charge in [-0.05, 0) is 54.5 Å². The van der Waals surface area contributed by atoms with Crippen LogP contribution in [0, 0.1) is 0 Å². The number of amidine groups is 1. The molecule has 1 aromatic rings. The molecule has 3 N–H and O–H groups in total. The first-order valence-electron chi connectivity index (χ1n) is 10.3. The summed E-state index contributed by atoms with van der Waals surface area (Å²) in [4.78, 5) is 43.2. The summed E-state index contributed by atoms with van der Waals surface area (Å²) in [7, 11) is 0. The molecule has 1 aliphatic heterocycles. The number of carbonyl (C=O) groups excluding carboxylic acids is 2. The van der Waals surface area contributed by atoms with Crippen molar-refractivity contribution in [3.63, 3.8) is 0 Å². The first kappa shape index (κ1) is 27.0. The van der Waals surface area contributed by atoms with Gasteiger partial charge in [0.2, 0.25) is 0 Å². The van der Waals surface area contributed by atoms with Crippen molar-refractivity contribution in [2.75, 3.05) is 5.32 Å². The molecule has 0 bridgehead atoms. The molecule has 1 aliphatic rings. The molecule has 10 nitrogen and oxygen atoms in total. The van der Waals surface area contributed by atoms with Gasteiger partial charge in [-0.25, -0.2) is 19.9 Å². The molecule has 34 heavy (non-hydrogen) atoms. The molecule has 0 spiro atoms. The molecule has 13 heteroatoms. The third kappa shape index (κ3) is 7.66. The number of H-pyrrole nitrogens is 1. The van der Waals surface area contributed by atoms with Gasteiger partial charge < -0.3 is 19.2 Å². The molecule has 2 atom stereocenters. The number of halogens is 3. The van der Waals surface area contributed by atoms with Crippen molar-refractivity contribution >= 4 is 23.9 Å². The molecular formula is C21H29F3N4O6. The maximum atomic E-state index is 13.6. The molecule has 1 aromatic heterocycles. The fraction of sp³-hybridized carbons (Fsp3) is 0.619. The lowest BCUT2D eigenvalue weighted by atomic mass is 9.86. The summed E-state index contributed by atoms with van der Waals surface area (Å²) in [6.45, 7) is 11.0. The van der Waals surface area contributed by atoms with Crippen molar-refractivity contribution in [3.05, 3.63) is 28.2 Å². The zero-order valence-electron chi connectivity index (χ0n) is 20.0. The highest BCUT2D eigenvalue weighted by atomic mass is 19.4. The lowest BCUT2D eigenvalue weighted by Gasteiger charge is -2.36. The van der Waals surface area contributed by atoms with Gasteiger partial charge in [-0.1, -0.05) is 0 Å². The Morgan fingerprint density at radius 3 is 2.12 bits per heavy atom. The number of hydrogen-bond donors (Lipinski definition) is 3. The average molecular weight is 490 g/mol. The number of carbonyl (C=O) groups is 2. The standard InChI is InChI=1S/C21H29F3N4O6/c1-18(2,3)33-16(30)26-11-8-12(14(29)25-10-11)20(7)9-13(21(22,23)24)32-15(28-20)27-17(31)34-19(4,5)6/h8,10,13H,9H2,1-7H3,(H,25,29)(H,26,30)(H,27,28,31). The van der Waals surface area contributed by atoms with Crippen LogP contribution in [0.4, 0.5) is 28.4 Å². The Balaban J connectivity index is 2.43. The van der Waals surface area contributed by atoms with Crippen molar-refractivity contribution < 1.29 is 37.0 Å². The van der Waals surface area contributed by atoms with E-state index in [1.807, 2.05) is 0 Å². The monoisotopic (exact) mass is 490 g/mol. The summed E-state index contributed by atoms with van der Waals surface area (Å²) < 4.78 is 55.9. The first-order chi connectivity index (χ1) is 15.3. The van der Waals surface area contributed by atoms with Gasteiger partial charge in [0, 0.05) is 18.2 Å². The number of anilines is 1. The largest absolute Gasteiger partial charge is 0.452 e. The van der Waals surface area contributed by atoms with Gasteiger partial charge in [-0.3, -0.25) is 10.1 Å². The fourth-order valence-corrected chi connectivity index (χ4v) is 3.01. The van der Waals surface area contributed by atoms with Crippen LogP contribution in [0.1, 0.15) is 60.5 Å². The summed E-state index contributed by atoms with van der Waals surface area (Å²) in [6, 6.07) is 0.436. The quantitative estimate of drug-likeness (QED) is 0.570. The second-order valence-corrected chi connectivity index (χ2v) is 9.93. The number of aromatic nitrogens is 1. The highest BCUT2D eigenvalue weighted by molar-refractivity contribution is 5.91. The van der Waals surface area contributed by atoms with E-state index >= 15 is 0 Å². The number of pyridine rings is 1. The Labute approximate surface area is 194 Å². The summed E-state index contributed by atoms with van der Waals surface area (Å²) in [5.74, 6) is 0. The minimum Gasteiger partial charge on any atom is -0.452 e. The van der Waals surface area contributed by atoms with E-state index in [0.717, 1.165) is 0 Å². The predicted molar refractivity (Wildman–Crippen MR) is 117 cm³/mol. The maximum absolute atomic E-state index is 13.6. The number of nitrogens with zero attached hydrogens (tertiary/aromatic N) is 1. The molecule has 0 radical (unpaired) electrons. The molecule has 190 valence electrons. The van der Waals surface area contributed by atoms with Crippen molar-refractivity contribution in [2.24, 2.45) is 4.99 Å². The smallest absolute Gasteiger partial charge is 0.425 e. The van der Waals surface area contributed by atoms with Crippen LogP contribution in [-0.4, -0.2) is 46.7 Å². The van der Waals surface area contributed by atoms with Crippen molar-refractivity contribution in [1.82, 2.24) is 10.3 Å². The number of alkyl carbamates (subject to hydrolysis) is 1. The minimum atomic E-state index is -4.82. The summed E-state index contributed by atoms with van der Waals surface area (Å²) in [5, 5.41) is 4.47. The molecule has 0 saturated carbocycles. The number of aliphatic imine (C=N–C) groups is 1. The molecule has 0 saturated heterocycles. The lowest BCUT2D eigenvalue weighted by molar-refractivity contribution is -0.208. The van der Waals surface area contributed by atoms with Crippen LogP contribution in [0.25, 0.3) is 0 Å². The van der Waals surface area contributed by atoms with E-state index in [1.165, 1.54) is 19.2 Å². The van der Waals surface area contributed by atoms with Gasteiger partial charge in [-0.15, -0.1) is 0 Å². The van der Waals surface area contributed by atoms with E-state index in [4.69, 9.17) is 14.2 Å². The van der Waals surface area contributed by atoms with Gasteiger partial charge in [0.15, 0.2) is 6.10 Å². The number of aromatic amines is 1. The van der Waals surface area contributed by atoms with E-state index in [2.05, 4.69) is 20.6 Å². The normalized spacial score (nSPS) is 21.1. The second-order valence-electron chi connectivity index (χ2n) is 9.93. The number of hydrogen-bond acceptors (Lipinski definition) is 7. The van der Waals surface area contributed by atoms with Gasteiger partial charge >= 0.3 is 18.4 Å². The third-order valence-corrected chi connectivity index (χ3v) is 4.29. The molecule has 2 rings (SSSR count). The summed E-state index contributed by atoms with van der Waals surface area (Å²) in [6.07, 6.45) is -8.69. The molecular weight excluding hydrogens is 461 g/mol. The Kier molecular flexibility index (Phi) is 7.29. The molecule has 2 unspecified atom stereocenters. The number of alkyl halides is 3. The van der Waals surface area contributed by atoms with Gasteiger partial charge in [0.05, 0.1) is 11.2 Å². The molecule has 0 aromatic carbocycles. The first-order valence-corrected chi connectivity index (χ1v) is 10.3. The van der Waals surface area contributed by atoms with Crippen LogP contribution in [0.5, 0.6) is 0 Å². The number of ether oxygens (including phenoxy) is 3. The highest BCUT2D eigenvalue weighted by Crippen LogP contribution is 2.39. The average Bonchev–Trinajstić information content (AvgIpc) is 2.58. The van der Waals surface area contributed by atoms with Crippen LogP contribution >= 0.6 is 0 Å². The van der Waals surface area contributed by atoms with Crippen LogP contribution in [0.15, 0.2) is 22.1 Å². The van der Waals surface area contributed by atoms with E-state index in [9.17, 15) is 27.6 Å². The molecule has 2 amide bonds. The Hall–Kier alpha value is -3.25. The maximum Gasteiger partial charge on any atom is 0.425 e. The van der Waals surface area contributed by atoms with Crippen LogP contribution < -0.4 is 16.2 Å². The molecule has 0 fully saturated rings. The van der Waals surface area contributed by atoms with Crippen LogP contribution in [0.3, 0.4) is 0 Å². The fourth-order valence-electron chi connectivity index (χ4n) is 3.01.